The maximum absolute atomic E-state index is 9.13. The van der Waals surface area contributed by atoms with Crippen LogP contribution in [0.15, 0.2) is 54.7 Å². The normalized spacial score (nSPS) is 15.8. The molecular formula is C28H37ClN6O. The second-order valence-corrected chi connectivity index (χ2v) is 9.70. The summed E-state index contributed by atoms with van der Waals surface area (Å²) in [6.45, 7) is 9.23. The molecule has 1 aromatic carbocycles. The zero-order chi connectivity index (χ0) is 25.2. The van der Waals surface area contributed by atoms with Gasteiger partial charge in [0.25, 0.3) is 0 Å². The molecule has 1 fully saturated rings. The molecule has 2 aromatic heterocycles. The van der Waals surface area contributed by atoms with Crippen LogP contribution in [0.5, 0.6) is 0 Å². The van der Waals surface area contributed by atoms with Gasteiger partial charge < -0.3 is 15.3 Å². The monoisotopic (exact) mass is 508 g/mol. The Morgan fingerprint density at radius 1 is 0.972 bits per heavy atom. The lowest BCUT2D eigenvalue weighted by molar-refractivity contribution is 0.112. The van der Waals surface area contributed by atoms with Gasteiger partial charge in [-0.05, 0) is 57.0 Å². The number of aliphatic hydroxyl groups is 1. The van der Waals surface area contributed by atoms with Crippen molar-refractivity contribution in [1.82, 2.24) is 30.1 Å². The van der Waals surface area contributed by atoms with E-state index >= 15 is 0 Å². The standard InChI is InChI=1S/C28H37ClN6O/c1-22-27(29)25(33-28(32-22)26-10-5-6-13-31-26)12-11-24(23-8-3-2-4-9-23)30-14-7-15-34-16-18-35(19-17-34)20-21-36/h2-6,8-10,13,24,30,36H,7,11-12,14-21H2,1H3/t24-/m0/s1. The molecule has 0 bridgehead atoms. The summed E-state index contributed by atoms with van der Waals surface area (Å²) in [5, 5.41) is 13.6. The van der Waals surface area contributed by atoms with Crippen LogP contribution in [0.25, 0.3) is 11.5 Å². The summed E-state index contributed by atoms with van der Waals surface area (Å²) < 4.78 is 0. The highest BCUT2D eigenvalue weighted by Gasteiger charge is 2.18. The molecule has 8 heteroatoms. The summed E-state index contributed by atoms with van der Waals surface area (Å²) in [7, 11) is 0. The summed E-state index contributed by atoms with van der Waals surface area (Å²) in [4.78, 5) is 18.6. The zero-order valence-corrected chi connectivity index (χ0v) is 21.9. The van der Waals surface area contributed by atoms with Crippen molar-refractivity contribution in [3.63, 3.8) is 0 Å². The number of halogens is 1. The first-order valence-electron chi connectivity index (χ1n) is 12.9. The predicted molar refractivity (Wildman–Crippen MR) is 145 cm³/mol. The number of rotatable bonds is 12. The first kappa shape index (κ1) is 26.6. The lowest BCUT2D eigenvalue weighted by Crippen LogP contribution is -2.47. The fraction of sp³-hybridized carbons (Fsp3) is 0.464. The number of hydrogen-bond acceptors (Lipinski definition) is 7. The van der Waals surface area contributed by atoms with E-state index in [1.54, 1.807) is 6.20 Å². The second-order valence-electron chi connectivity index (χ2n) is 9.32. The molecule has 3 aromatic rings. The van der Waals surface area contributed by atoms with Crippen LogP contribution in [0.4, 0.5) is 0 Å². The fourth-order valence-corrected chi connectivity index (χ4v) is 4.88. The highest BCUT2D eigenvalue weighted by molar-refractivity contribution is 6.31. The van der Waals surface area contributed by atoms with Crippen molar-refractivity contribution >= 4 is 11.6 Å². The van der Waals surface area contributed by atoms with Gasteiger partial charge in [-0.1, -0.05) is 48.0 Å². The molecule has 1 atom stereocenters. The Morgan fingerprint density at radius 2 is 1.69 bits per heavy atom. The van der Waals surface area contributed by atoms with E-state index in [0.717, 1.165) is 82.2 Å². The number of β-amino-alcohol motifs (C(OH)–C–C–N with tert-alkyl or cyclic N) is 1. The Kier molecular flexibility index (Phi) is 10.2. The van der Waals surface area contributed by atoms with Crippen LogP contribution >= 0.6 is 11.6 Å². The van der Waals surface area contributed by atoms with Gasteiger partial charge >= 0.3 is 0 Å². The molecule has 0 spiro atoms. The molecule has 36 heavy (non-hydrogen) atoms. The molecule has 0 saturated carbocycles. The molecule has 2 N–H and O–H groups in total. The molecule has 1 saturated heterocycles. The summed E-state index contributed by atoms with van der Waals surface area (Å²) >= 11 is 6.64. The molecule has 0 unspecified atom stereocenters. The van der Waals surface area contributed by atoms with Gasteiger partial charge in [-0.3, -0.25) is 9.88 Å². The number of benzene rings is 1. The number of nitrogens with zero attached hydrogens (tertiary/aromatic N) is 5. The Hall–Kier alpha value is -2.42. The van der Waals surface area contributed by atoms with E-state index in [1.807, 2.05) is 25.1 Å². The van der Waals surface area contributed by atoms with E-state index in [1.165, 1.54) is 5.56 Å². The van der Waals surface area contributed by atoms with E-state index in [-0.39, 0.29) is 12.6 Å². The minimum Gasteiger partial charge on any atom is -0.395 e. The van der Waals surface area contributed by atoms with Crippen molar-refractivity contribution in [2.24, 2.45) is 0 Å². The Balaban J connectivity index is 1.35. The predicted octanol–water partition coefficient (Wildman–Crippen LogP) is 3.76. The lowest BCUT2D eigenvalue weighted by Gasteiger charge is -2.34. The van der Waals surface area contributed by atoms with Crippen LogP contribution in [0.3, 0.4) is 0 Å². The largest absolute Gasteiger partial charge is 0.395 e. The molecular weight excluding hydrogens is 472 g/mol. The van der Waals surface area contributed by atoms with Gasteiger partial charge in [0.15, 0.2) is 5.82 Å². The van der Waals surface area contributed by atoms with Crippen LogP contribution in [-0.2, 0) is 6.42 Å². The van der Waals surface area contributed by atoms with Crippen LogP contribution in [-0.4, -0.2) is 82.3 Å². The van der Waals surface area contributed by atoms with Crippen molar-refractivity contribution in [3.05, 3.63) is 76.7 Å². The summed E-state index contributed by atoms with van der Waals surface area (Å²) in [6, 6.07) is 16.6. The highest BCUT2D eigenvalue weighted by Crippen LogP contribution is 2.25. The number of nitrogens with one attached hydrogen (secondary N) is 1. The number of aromatic nitrogens is 3. The highest BCUT2D eigenvalue weighted by atomic mass is 35.5. The molecule has 192 valence electrons. The SMILES string of the molecule is Cc1nc(-c2ccccn2)nc(CC[C@H](NCCCN2CCN(CCO)CC2)c2ccccc2)c1Cl. The van der Waals surface area contributed by atoms with Crippen molar-refractivity contribution in [1.29, 1.82) is 0 Å². The van der Waals surface area contributed by atoms with Crippen molar-refractivity contribution in [2.75, 3.05) is 52.4 Å². The van der Waals surface area contributed by atoms with E-state index < -0.39 is 0 Å². The topological polar surface area (TPSA) is 77.4 Å². The van der Waals surface area contributed by atoms with Gasteiger partial charge in [-0.25, -0.2) is 9.97 Å². The second kappa shape index (κ2) is 13.8. The van der Waals surface area contributed by atoms with Gasteiger partial charge in [0.2, 0.25) is 0 Å². The smallest absolute Gasteiger partial charge is 0.178 e. The van der Waals surface area contributed by atoms with Gasteiger partial charge in [-0.15, -0.1) is 0 Å². The average molecular weight is 509 g/mol. The minimum absolute atomic E-state index is 0.220. The maximum Gasteiger partial charge on any atom is 0.178 e. The molecule has 1 aliphatic rings. The van der Waals surface area contributed by atoms with Crippen molar-refractivity contribution < 1.29 is 5.11 Å². The van der Waals surface area contributed by atoms with Gasteiger partial charge in [0, 0.05) is 45.0 Å². The average Bonchev–Trinajstić information content (AvgIpc) is 2.92. The van der Waals surface area contributed by atoms with Gasteiger partial charge in [0.05, 0.1) is 23.0 Å². The molecule has 3 heterocycles. The zero-order valence-electron chi connectivity index (χ0n) is 21.1. The third-order valence-corrected chi connectivity index (χ3v) is 7.27. The van der Waals surface area contributed by atoms with Crippen LogP contribution in [0, 0.1) is 6.92 Å². The van der Waals surface area contributed by atoms with Crippen LogP contribution < -0.4 is 5.32 Å². The molecule has 0 aliphatic carbocycles. The third-order valence-electron chi connectivity index (χ3n) is 6.77. The Bertz CT molecular complexity index is 1060. The lowest BCUT2D eigenvalue weighted by atomic mass is 10.0. The van der Waals surface area contributed by atoms with E-state index in [0.29, 0.717) is 10.8 Å². The Morgan fingerprint density at radius 3 is 2.39 bits per heavy atom. The number of aliphatic hydroxyl groups excluding tert-OH is 1. The summed E-state index contributed by atoms with van der Waals surface area (Å²) in [6.07, 6.45) is 4.50. The fourth-order valence-electron chi connectivity index (χ4n) is 4.70. The summed E-state index contributed by atoms with van der Waals surface area (Å²) in [5.41, 5.74) is 3.69. The molecule has 7 nitrogen and oxygen atoms in total. The van der Waals surface area contributed by atoms with E-state index in [9.17, 15) is 0 Å². The quantitative estimate of drug-likeness (QED) is 0.361. The van der Waals surface area contributed by atoms with Gasteiger partial charge in [-0.2, -0.15) is 0 Å². The van der Waals surface area contributed by atoms with Crippen molar-refractivity contribution in [2.45, 2.75) is 32.2 Å². The molecule has 0 amide bonds. The summed E-state index contributed by atoms with van der Waals surface area (Å²) in [5.74, 6) is 0.621. The number of pyridine rings is 1. The van der Waals surface area contributed by atoms with Gasteiger partial charge in [0.1, 0.15) is 5.69 Å². The van der Waals surface area contributed by atoms with E-state index in [4.69, 9.17) is 21.7 Å². The van der Waals surface area contributed by atoms with Crippen LogP contribution in [0.1, 0.15) is 35.8 Å². The number of hydrogen-bond donors (Lipinski definition) is 2. The third kappa shape index (κ3) is 7.54. The van der Waals surface area contributed by atoms with E-state index in [2.05, 4.69) is 55.4 Å². The minimum atomic E-state index is 0.220. The Labute approximate surface area is 219 Å². The first-order chi connectivity index (χ1) is 17.6. The maximum atomic E-state index is 9.13. The molecule has 4 rings (SSSR count). The number of piperazine rings is 1. The van der Waals surface area contributed by atoms with Crippen molar-refractivity contribution in [3.8, 4) is 11.5 Å². The number of aryl methyl sites for hydroxylation is 2. The molecule has 0 radical (unpaired) electrons. The first-order valence-corrected chi connectivity index (χ1v) is 13.3. The molecule has 1 aliphatic heterocycles. The van der Waals surface area contributed by atoms with Crippen LogP contribution in [0.2, 0.25) is 5.02 Å².